The van der Waals surface area contributed by atoms with Gasteiger partial charge in [0.2, 0.25) is 0 Å². The summed E-state index contributed by atoms with van der Waals surface area (Å²) in [5.41, 5.74) is 0.322. The molecule has 0 amide bonds. The van der Waals surface area contributed by atoms with Gasteiger partial charge in [-0.3, -0.25) is 4.79 Å². The molecule has 19 heavy (non-hydrogen) atoms. The van der Waals surface area contributed by atoms with Gasteiger partial charge in [-0.1, -0.05) is 0 Å². The van der Waals surface area contributed by atoms with Gasteiger partial charge in [-0.05, 0) is 26.0 Å². The molecule has 0 aliphatic rings. The maximum Gasteiger partial charge on any atom is 0.341 e. The molecule has 0 aliphatic carbocycles. The van der Waals surface area contributed by atoms with Crippen molar-refractivity contribution in [2.24, 2.45) is 0 Å². The minimum atomic E-state index is -0.487. The highest BCUT2D eigenvalue weighted by atomic mass is 16.5. The number of aromatic nitrogens is 1. The summed E-state index contributed by atoms with van der Waals surface area (Å²) in [4.78, 5) is 29.0. The van der Waals surface area contributed by atoms with Crippen molar-refractivity contribution in [2.45, 2.75) is 19.9 Å². The molecular formula is C13H18N2O4. The lowest BCUT2D eigenvalue weighted by molar-refractivity contribution is -0.139. The van der Waals surface area contributed by atoms with Gasteiger partial charge in [0.1, 0.15) is 17.9 Å². The Morgan fingerprint density at radius 3 is 2.53 bits per heavy atom. The average Bonchev–Trinajstić information content (AvgIpc) is 2.43. The van der Waals surface area contributed by atoms with Gasteiger partial charge < -0.3 is 14.4 Å². The Morgan fingerprint density at radius 2 is 2.00 bits per heavy atom. The second-order valence-electron chi connectivity index (χ2n) is 4.16. The predicted molar refractivity (Wildman–Crippen MR) is 70.1 cm³/mol. The standard InChI is InChI=1S/C13H18N2O4/c1-9(2)15(8-11(16)18-3)12-10(13(17)19-4)6-5-7-14-12/h5-7,9H,8H2,1-4H3. The molecule has 1 rings (SSSR count). The molecule has 0 spiro atoms. The minimum absolute atomic E-state index is 0.0163. The molecule has 0 saturated carbocycles. The number of hydrogen-bond donors (Lipinski definition) is 0. The van der Waals surface area contributed by atoms with Crippen molar-refractivity contribution in [2.75, 3.05) is 25.7 Å². The predicted octanol–water partition coefficient (Wildman–Crippen LogP) is 1.26. The van der Waals surface area contributed by atoms with Crippen LogP contribution in [0.5, 0.6) is 0 Å². The summed E-state index contributed by atoms with van der Waals surface area (Å²) in [5.74, 6) is -0.469. The molecule has 0 saturated heterocycles. The highest BCUT2D eigenvalue weighted by molar-refractivity contribution is 5.95. The number of rotatable bonds is 5. The first-order valence-corrected chi connectivity index (χ1v) is 5.88. The molecule has 0 N–H and O–H groups in total. The summed E-state index contributed by atoms with van der Waals surface area (Å²) in [6.07, 6.45) is 1.56. The third kappa shape index (κ3) is 3.67. The van der Waals surface area contributed by atoms with E-state index in [9.17, 15) is 9.59 Å². The fourth-order valence-electron chi connectivity index (χ4n) is 1.60. The fraction of sp³-hybridized carbons (Fsp3) is 0.462. The molecule has 0 aromatic carbocycles. The van der Waals surface area contributed by atoms with Crippen molar-refractivity contribution in [3.63, 3.8) is 0 Å². The third-order valence-electron chi connectivity index (χ3n) is 2.61. The summed E-state index contributed by atoms with van der Waals surface area (Å²) in [6, 6.07) is 3.24. The van der Waals surface area contributed by atoms with Crippen molar-refractivity contribution in [1.82, 2.24) is 4.98 Å². The van der Waals surface area contributed by atoms with E-state index in [2.05, 4.69) is 9.72 Å². The first-order chi connectivity index (χ1) is 9.01. The van der Waals surface area contributed by atoms with E-state index in [1.54, 1.807) is 23.2 Å². The van der Waals surface area contributed by atoms with Gasteiger partial charge in [-0.2, -0.15) is 0 Å². The van der Waals surface area contributed by atoms with Crippen LogP contribution in [0.25, 0.3) is 0 Å². The Kier molecular flexibility index (Phi) is 5.29. The Labute approximate surface area is 112 Å². The molecule has 0 aliphatic heterocycles. The highest BCUT2D eigenvalue weighted by Gasteiger charge is 2.22. The van der Waals surface area contributed by atoms with Gasteiger partial charge >= 0.3 is 11.9 Å². The van der Waals surface area contributed by atoms with Crippen molar-refractivity contribution < 1.29 is 19.1 Å². The van der Waals surface area contributed by atoms with Gasteiger partial charge in [0.15, 0.2) is 0 Å². The fourth-order valence-corrected chi connectivity index (χ4v) is 1.60. The summed E-state index contributed by atoms with van der Waals surface area (Å²) in [7, 11) is 2.62. The lowest BCUT2D eigenvalue weighted by atomic mass is 10.2. The monoisotopic (exact) mass is 266 g/mol. The molecule has 1 aromatic rings. The van der Waals surface area contributed by atoms with E-state index in [4.69, 9.17) is 4.74 Å². The number of carbonyl (C=O) groups excluding carboxylic acids is 2. The van der Waals surface area contributed by atoms with Crippen LogP contribution in [0.1, 0.15) is 24.2 Å². The van der Waals surface area contributed by atoms with Crippen LogP contribution in [-0.2, 0) is 14.3 Å². The zero-order valence-corrected chi connectivity index (χ0v) is 11.5. The molecule has 0 bridgehead atoms. The quantitative estimate of drug-likeness (QED) is 0.747. The molecule has 1 heterocycles. The Balaban J connectivity index is 3.15. The van der Waals surface area contributed by atoms with Crippen LogP contribution in [0.15, 0.2) is 18.3 Å². The molecule has 1 aromatic heterocycles. The van der Waals surface area contributed by atoms with Crippen LogP contribution < -0.4 is 4.90 Å². The van der Waals surface area contributed by atoms with E-state index in [0.29, 0.717) is 11.4 Å². The first-order valence-electron chi connectivity index (χ1n) is 5.88. The first kappa shape index (κ1) is 14.9. The van der Waals surface area contributed by atoms with Crippen molar-refractivity contribution in [3.05, 3.63) is 23.9 Å². The number of carbonyl (C=O) groups is 2. The molecule has 0 radical (unpaired) electrons. The summed E-state index contributed by atoms with van der Waals surface area (Å²) < 4.78 is 9.37. The minimum Gasteiger partial charge on any atom is -0.468 e. The van der Waals surface area contributed by atoms with E-state index in [0.717, 1.165) is 0 Å². The number of nitrogens with zero attached hydrogens (tertiary/aromatic N) is 2. The lowest BCUT2D eigenvalue weighted by Gasteiger charge is -2.27. The third-order valence-corrected chi connectivity index (χ3v) is 2.61. The van der Waals surface area contributed by atoms with Crippen LogP contribution in [0.2, 0.25) is 0 Å². The van der Waals surface area contributed by atoms with Gasteiger partial charge in [0.05, 0.1) is 14.2 Å². The van der Waals surface area contributed by atoms with Gasteiger partial charge in [-0.15, -0.1) is 0 Å². The van der Waals surface area contributed by atoms with Crippen LogP contribution in [0.3, 0.4) is 0 Å². The smallest absolute Gasteiger partial charge is 0.341 e. The van der Waals surface area contributed by atoms with Gasteiger partial charge in [0, 0.05) is 12.2 Å². The van der Waals surface area contributed by atoms with E-state index in [1.807, 2.05) is 13.8 Å². The summed E-state index contributed by atoms with van der Waals surface area (Å²) >= 11 is 0. The Morgan fingerprint density at radius 1 is 1.32 bits per heavy atom. The number of pyridine rings is 1. The highest BCUT2D eigenvalue weighted by Crippen LogP contribution is 2.20. The van der Waals surface area contributed by atoms with Gasteiger partial charge in [0.25, 0.3) is 0 Å². The molecule has 104 valence electrons. The molecule has 0 atom stereocenters. The van der Waals surface area contributed by atoms with E-state index < -0.39 is 11.9 Å². The van der Waals surface area contributed by atoms with E-state index in [-0.39, 0.29) is 12.6 Å². The Hall–Kier alpha value is -2.11. The van der Waals surface area contributed by atoms with Crippen molar-refractivity contribution in [1.29, 1.82) is 0 Å². The zero-order chi connectivity index (χ0) is 14.4. The molecule has 0 unspecified atom stereocenters. The Bertz CT molecular complexity index is 460. The van der Waals surface area contributed by atoms with Gasteiger partial charge in [-0.25, -0.2) is 9.78 Å². The topological polar surface area (TPSA) is 68.7 Å². The molecular weight excluding hydrogens is 248 g/mol. The average molecular weight is 266 g/mol. The lowest BCUT2D eigenvalue weighted by Crippen LogP contribution is -2.38. The zero-order valence-electron chi connectivity index (χ0n) is 11.5. The number of methoxy groups -OCH3 is 2. The summed E-state index contributed by atoms with van der Waals surface area (Å²) in [6.45, 7) is 3.83. The van der Waals surface area contributed by atoms with Crippen molar-refractivity contribution >= 4 is 17.8 Å². The van der Waals surface area contributed by atoms with Crippen LogP contribution in [0, 0.1) is 0 Å². The number of hydrogen-bond acceptors (Lipinski definition) is 6. The largest absolute Gasteiger partial charge is 0.468 e. The second-order valence-corrected chi connectivity index (χ2v) is 4.16. The maximum atomic E-state index is 11.7. The van der Waals surface area contributed by atoms with E-state index in [1.165, 1.54) is 14.2 Å². The van der Waals surface area contributed by atoms with Crippen LogP contribution in [0.4, 0.5) is 5.82 Å². The maximum absolute atomic E-state index is 11.7. The SMILES string of the molecule is COC(=O)CN(c1ncccc1C(=O)OC)C(C)C. The number of esters is 2. The van der Waals surface area contributed by atoms with Crippen LogP contribution in [-0.4, -0.2) is 43.7 Å². The summed E-state index contributed by atoms with van der Waals surface area (Å²) in [5, 5.41) is 0. The number of ether oxygens (including phenoxy) is 2. The second kappa shape index (κ2) is 6.72. The number of anilines is 1. The van der Waals surface area contributed by atoms with E-state index >= 15 is 0 Å². The molecule has 6 heteroatoms. The molecule has 0 fully saturated rings. The van der Waals surface area contributed by atoms with Crippen LogP contribution >= 0.6 is 0 Å². The van der Waals surface area contributed by atoms with Crippen molar-refractivity contribution in [3.8, 4) is 0 Å². The normalized spacial score (nSPS) is 10.2. The molecule has 6 nitrogen and oxygen atoms in total.